The van der Waals surface area contributed by atoms with E-state index < -0.39 is 0 Å². The van der Waals surface area contributed by atoms with E-state index in [1.807, 2.05) is 15.9 Å². The van der Waals surface area contributed by atoms with E-state index in [4.69, 9.17) is 0 Å². The normalized spacial score (nSPS) is 23.6. The third-order valence-electron chi connectivity index (χ3n) is 5.59. The second-order valence-corrected chi connectivity index (χ2v) is 6.99. The smallest absolute Gasteiger partial charge is 0.317 e. The lowest BCUT2D eigenvalue weighted by atomic mass is 10.0. The van der Waals surface area contributed by atoms with Crippen molar-refractivity contribution in [2.45, 2.75) is 37.8 Å². The Hall–Kier alpha value is -2.31. The van der Waals surface area contributed by atoms with E-state index >= 15 is 0 Å². The number of halogens is 1. The van der Waals surface area contributed by atoms with E-state index in [9.17, 15) is 14.0 Å². The van der Waals surface area contributed by atoms with Crippen molar-refractivity contribution in [3.05, 3.63) is 35.1 Å². The molecular formula is C18H23FN4O2. The van der Waals surface area contributed by atoms with Gasteiger partial charge in [0.15, 0.2) is 0 Å². The van der Waals surface area contributed by atoms with E-state index in [0.717, 1.165) is 36.9 Å². The zero-order chi connectivity index (χ0) is 17.4. The summed E-state index contributed by atoms with van der Waals surface area (Å²) in [4.78, 5) is 28.0. The molecule has 4 rings (SSSR count). The van der Waals surface area contributed by atoms with Gasteiger partial charge < -0.3 is 20.4 Å². The molecule has 2 N–H and O–H groups in total. The van der Waals surface area contributed by atoms with Crippen LogP contribution in [0, 0.1) is 5.82 Å². The highest BCUT2D eigenvalue weighted by molar-refractivity contribution is 5.77. The highest BCUT2D eigenvalue weighted by atomic mass is 19.1. The number of carbonyl (C=O) groups is 2. The first kappa shape index (κ1) is 16.2. The van der Waals surface area contributed by atoms with Gasteiger partial charge in [0, 0.05) is 32.2 Å². The van der Waals surface area contributed by atoms with E-state index in [1.165, 1.54) is 6.07 Å². The number of likely N-dealkylation sites (tertiary alicyclic amines) is 1. The number of rotatable bonds is 2. The summed E-state index contributed by atoms with van der Waals surface area (Å²) in [7, 11) is 0. The molecule has 1 unspecified atom stereocenters. The van der Waals surface area contributed by atoms with E-state index in [-0.39, 0.29) is 30.0 Å². The summed E-state index contributed by atoms with van der Waals surface area (Å²) < 4.78 is 13.8. The molecule has 1 atom stereocenters. The monoisotopic (exact) mass is 346 g/mol. The number of urea groups is 2. The average molecular weight is 346 g/mol. The van der Waals surface area contributed by atoms with Crippen LogP contribution >= 0.6 is 0 Å². The van der Waals surface area contributed by atoms with Crippen LogP contribution in [0.5, 0.6) is 0 Å². The number of hydrogen-bond acceptors (Lipinski definition) is 2. The van der Waals surface area contributed by atoms with Gasteiger partial charge in [-0.25, -0.2) is 14.0 Å². The molecule has 0 bridgehead atoms. The Kier molecular flexibility index (Phi) is 4.23. The molecule has 25 heavy (non-hydrogen) atoms. The minimum atomic E-state index is -0.182. The summed E-state index contributed by atoms with van der Waals surface area (Å²) in [6, 6.07) is 5.09. The van der Waals surface area contributed by atoms with Crippen LogP contribution in [0.15, 0.2) is 18.2 Å². The number of hydrogen-bond donors (Lipinski definition) is 2. The van der Waals surface area contributed by atoms with Crippen LogP contribution in [0.3, 0.4) is 0 Å². The third kappa shape index (κ3) is 3.03. The molecule has 0 spiro atoms. The summed E-state index contributed by atoms with van der Waals surface area (Å²) in [5.74, 6) is -0.182. The fraction of sp³-hybridized carbons (Fsp3) is 0.556. The predicted octanol–water partition coefficient (Wildman–Crippen LogP) is 2.01. The summed E-state index contributed by atoms with van der Waals surface area (Å²) in [6.45, 7) is 2.74. The molecule has 2 heterocycles. The van der Waals surface area contributed by atoms with Crippen LogP contribution in [0.2, 0.25) is 0 Å². The highest BCUT2D eigenvalue weighted by Gasteiger charge is 2.33. The summed E-state index contributed by atoms with van der Waals surface area (Å²) in [6.07, 6.45) is 3.01. The minimum Gasteiger partial charge on any atom is -0.336 e. The molecule has 2 fully saturated rings. The molecule has 2 saturated heterocycles. The fourth-order valence-electron chi connectivity index (χ4n) is 4.22. The van der Waals surface area contributed by atoms with Crippen molar-refractivity contribution in [1.29, 1.82) is 0 Å². The Balaban J connectivity index is 1.33. The summed E-state index contributed by atoms with van der Waals surface area (Å²) in [5, 5.41) is 5.88. The van der Waals surface area contributed by atoms with Gasteiger partial charge in [-0.3, -0.25) is 0 Å². The molecule has 1 aromatic carbocycles. The first-order valence-corrected chi connectivity index (χ1v) is 9.00. The van der Waals surface area contributed by atoms with E-state index in [2.05, 4.69) is 10.6 Å². The van der Waals surface area contributed by atoms with E-state index in [1.54, 1.807) is 6.07 Å². The Bertz CT molecular complexity index is 688. The first-order valence-electron chi connectivity index (χ1n) is 9.00. The van der Waals surface area contributed by atoms with Gasteiger partial charge in [0.25, 0.3) is 0 Å². The maximum atomic E-state index is 13.8. The van der Waals surface area contributed by atoms with Crippen LogP contribution in [0.25, 0.3) is 0 Å². The Morgan fingerprint density at radius 3 is 2.72 bits per heavy atom. The van der Waals surface area contributed by atoms with Crippen molar-refractivity contribution in [3.8, 4) is 0 Å². The molecular weight excluding hydrogens is 323 g/mol. The number of piperidine rings is 1. The standard InChI is InChI=1S/C18H23FN4O2/c19-15-3-1-2-14-13(15)4-5-16(14)21-18(25)22-9-6-12(7-10-22)23-11-8-20-17(23)24/h1-3,12,16H,4-11H2,(H,20,24)(H,21,25). The average Bonchev–Trinajstić information content (AvgIpc) is 3.22. The van der Waals surface area contributed by atoms with Gasteiger partial charge in [0.05, 0.1) is 6.04 Å². The highest BCUT2D eigenvalue weighted by Crippen LogP contribution is 2.32. The molecule has 3 aliphatic rings. The topological polar surface area (TPSA) is 64.7 Å². The minimum absolute atomic E-state index is 0.00694. The Labute approximate surface area is 146 Å². The molecule has 0 saturated carbocycles. The number of amides is 4. The molecule has 1 aromatic rings. The third-order valence-corrected chi connectivity index (χ3v) is 5.59. The number of benzene rings is 1. The molecule has 2 aliphatic heterocycles. The van der Waals surface area contributed by atoms with Crippen molar-refractivity contribution >= 4 is 12.1 Å². The van der Waals surface area contributed by atoms with Crippen LogP contribution in [-0.2, 0) is 6.42 Å². The van der Waals surface area contributed by atoms with Crippen molar-refractivity contribution < 1.29 is 14.0 Å². The van der Waals surface area contributed by atoms with Crippen LogP contribution in [-0.4, -0.2) is 54.1 Å². The van der Waals surface area contributed by atoms with Gasteiger partial charge >= 0.3 is 12.1 Å². The molecule has 6 nitrogen and oxygen atoms in total. The van der Waals surface area contributed by atoms with Crippen LogP contribution < -0.4 is 10.6 Å². The quantitative estimate of drug-likeness (QED) is 0.860. The molecule has 134 valence electrons. The predicted molar refractivity (Wildman–Crippen MR) is 90.7 cm³/mol. The maximum Gasteiger partial charge on any atom is 0.317 e. The van der Waals surface area contributed by atoms with Crippen LogP contribution in [0.1, 0.15) is 36.4 Å². The maximum absolute atomic E-state index is 13.8. The molecule has 0 radical (unpaired) electrons. The van der Waals surface area contributed by atoms with Gasteiger partial charge in [-0.05, 0) is 42.9 Å². The van der Waals surface area contributed by atoms with Crippen molar-refractivity contribution in [2.75, 3.05) is 26.2 Å². The zero-order valence-corrected chi connectivity index (χ0v) is 14.1. The Morgan fingerprint density at radius 2 is 2.00 bits per heavy atom. The molecule has 4 amide bonds. The van der Waals surface area contributed by atoms with Gasteiger partial charge in [-0.2, -0.15) is 0 Å². The summed E-state index contributed by atoms with van der Waals surface area (Å²) >= 11 is 0. The number of fused-ring (bicyclic) bond motifs is 1. The van der Waals surface area contributed by atoms with E-state index in [0.29, 0.717) is 26.1 Å². The lowest BCUT2D eigenvalue weighted by Crippen LogP contribution is -2.50. The van der Waals surface area contributed by atoms with Gasteiger partial charge in [0.2, 0.25) is 0 Å². The molecule has 0 aromatic heterocycles. The largest absolute Gasteiger partial charge is 0.336 e. The Morgan fingerprint density at radius 1 is 1.20 bits per heavy atom. The van der Waals surface area contributed by atoms with Crippen molar-refractivity contribution in [3.63, 3.8) is 0 Å². The fourth-order valence-corrected chi connectivity index (χ4v) is 4.22. The van der Waals surface area contributed by atoms with Gasteiger partial charge in [0.1, 0.15) is 5.82 Å². The van der Waals surface area contributed by atoms with Crippen molar-refractivity contribution in [1.82, 2.24) is 20.4 Å². The van der Waals surface area contributed by atoms with Crippen LogP contribution in [0.4, 0.5) is 14.0 Å². The SMILES string of the molecule is O=C(NC1CCc2c(F)cccc21)N1CCC(N2CCNC2=O)CC1. The number of nitrogens with zero attached hydrogens (tertiary/aromatic N) is 2. The lowest BCUT2D eigenvalue weighted by molar-refractivity contribution is 0.139. The molecule has 1 aliphatic carbocycles. The summed E-state index contributed by atoms with van der Waals surface area (Å²) in [5.41, 5.74) is 1.63. The van der Waals surface area contributed by atoms with Gasteiger partial charge in [-0.1, -0.05) is 12.1 Å². The second kappa shape index (κ2) is 6.54. The number of carbonyl (C=O) groups excluding carboxylic acids is 2. The number of nitrogens with one attached hydrogen (secondary N) is 2. The molecule has 7 heteroatoms. The zero-order valence-electron chi connectivity index (χ0n) is 14.1. The van der Waals surface area contributed by atoms with Crippen molar-refractivity contribution in [2.24, 2.45) is 0 Å². The van der Waals surface area contributed by atoms with Gasteiger partial charge in [-0.15, -0.1) is 0 Å². The first-order chi connectivity index (χ1) is 12.1. The lowest BCUT2D eigenvalue weighted by Gasteiger charge is -2.36. The second-order valence-electron chi connectivity index (χ2n) is 6.99.